The summed E-state index contributed by atoms with van der Waals surface area (Å²) in [5.74, 6) is -1.06. The van der Waals surface area contributed by atoms with Crippen LogP contribution in [0.5, 0.6) is 0 Å². The molecule has 10 heteroatoms. The Morgan fingerprint density at radius 1 is 1.27 bits per heavy atom. The Bertz CT molecular complexity index is 986. The van der Waals surface area contributed by atoms with E-state index in [1.54, 1.807) is 6.92 Å². The minimum absolute atomic E-state index is 0.0180. The Labute approximate surface area is 175 Å². The van der Waals surface area contributed by atoms with E-state index in [9.17, 15) is 22.4 Å². The van der Waals surface area contributed by atoms with Crippen molar-refractivity contribution in [2.45, 2.75) is 56.9 Å². The number of benzene rings is 1. The summed E-state index contributed by atoms with van der Waals surface area (Å²) >= 11 is 6.34. The molecule has 1 amide bonds. The van der Waals surface area contributed by atoms with Gasteiger partial charge in [0.1, 0.15) is 18.1 Å². The van der Waals surface area contributed by atoms with Gasteiger partial charge in [-0.2, -0.15) is 18.3 Å². The van der Waals surface area contributed by atoms with Crippen molar-refractivity contribution in [3.05, 3.63) is 51.6 Å². The first-order valence-electron chi connectivity index (χ1n) is 9.71. The molecule has 1 saturated carbocycles. The van der Waals surface area contributed by atoms with Crippen molar-refractivity contribution in [1.29, 1.82) is 0 Å². The van der Waals surface area contributed by atoms with E-state index < -0.39 is 42.2 Å². The van der Waals surface area contributed by atoms with E-state index in [4.69, 9.17) is 17.3 Å². The van der Waals surface area contributed by atoms with Gasteiger partial charge >= 0.3 is 6.18 Å². The number of amides is 1. The molecule has 2 atom stereocenters. The first kappa shape index (κ1) is 21.1. The van der Waals surface area contributed by atoms with Crippen LogP contribution in [0.1, 0.15) is 53.7 Å². The van der Waals surface area contributed by atoms with E-state index in [1.807, 2.05) is 0 Å². The van der Waals surface area contributed by atoms with Gasteiger partial charge in [-0.3, -0.25) is 9.48 Å². The topological polar surface area (TPSA) is 64.2 Å². The summed E-state index contributed by atoms with van der Waals surface area (Å²) < 4.78 is 55.1. The normalized spacial score (nSPS) is 22.0. The van der Waals surface area contributed by atoms with E-state index >= 15 is 0 Å². The van der Waals surface area contributed by atoms with Gasteiger partial charge in [-0.05, 0) is 55.5 Å². The number of alkyl halides is 3. The lowest BCUT2D eigenvalue weighted by molar-refractivity contribution is -0.146. The van der Waals surface area contributed by atoms with Crippen LogP contribution >= 0.6 is 11.6 Å². The van der Waals surface area contributed by atoms with E-state index in [-0.39, 0.29) is 12.5 Å². The number of aromatic nitrogens is 2. The molecule has 2 heterocycles. The summed E-state index contributed by atoms with van der Waals surface area (Å²) in [6.07, 6.45) is -2.60. The van der Waals surface area contributed by atoms with Crippen LogP contribution in [0, 0.1) is 12.7 Å². The van der Waals surface area contributed by atoms with Gasteiger partial charge < -0.3 is 10.6 Å². The smallest absolute Gasteiger partial charge is 0.332 e. The fraction of sp³-hybridized carbons (Fsp3) is 0.500. The van der Waals surface area contributed by atoms with Crippen LogP contribution in [-0.4, -0.2) is 33.2 Å². The lowest BCUT2D eigenvalue weighted by atomic mass is 9.98. The number of halogens is 5. The molecule has 0 bridgehead atoms. The zero-order valence-corrected chi connectivity index (χ0v) is 17.0. The molecule has 2 fully saturated rings. The van der Waals surface area contributed by atoms with Gasteiger partial charge in [0.15, 0.2) is 0 Å². The van der Waals surface area contributed by atoms with Crippen LogP contribution in [-0.2, 0) is 17.5 Å². The summed E-state index contributed by atoms with van der Waals surface area (Å²) in [4.78, 5) is 14.4. The molecule has 1 aromatic heterocycles. The van der Waals surface area contributed by atoms with Gasteiger partial charge in [-0.15, -0.1) is 0 Å². The van der Waals surface area contributed by atoms with Crippen LogP contribution in [0.25, 0.3) is 0 Å². The molecular formula is C20H21ClF4N4O. The Morgan fingerprint density at radius 2 is 1.97 bits per heavy atom. The Balaban J connectivity index is 1.64. The molecule has 4 rings (SSSR count). The molecule has 2 N–H and O–H groups in total. The molecule has 1 aliphatic heterocycles. The standard InChI is InChI=1S/C20H21ClF4N4O/c1-10-6-12(22)7-13(18(10)21)19-14(26)4-5-28(19)17(30)9-29-16(20(23,24)25)8-15(27-29)11-2-3-11/h6-8,11,14,19H,2-5,9,26H2,1H3. The lowest BCUT2D eigenvalue weighted by Gasteiger charge is -2.29. The van der Waals surface area contributed by atoms with Crippen molar-refractivity contribution in [2.24, 2.45) is 5.73 Å². The van der Waals surface area contributed by atoms with Gasteiger partial charge in [-0.25, -0.2) is 4.39 Å². The molecule has 1 aliphatic carbocycles. The minimum Gasteiger partial charge on any atom is -0.332 e. The van der Waals surface area contributed by atoms with Crippen molar-refractivity contribution in [1.82, 2.24) is 14.7 Å². The van der Waals surface area contributed by atoms with E-state index in [0.29, 0.717) is 28.3 Å². The third-order valence-electron chi connectivity index (χ3n) is 5.70. The van der Waals surface area contributed by atoms with Crippen LogP contribution in [0.4, 0.5) is 17.6 Å². The second-order valence-corrected chi connectivity index (χ2v) is 8.37. The maximum atomic E-state index is 14.0. The van der Waals surface area contributed by atoms with Crippen molar-refractivity contribution in [2.75, 3.05) is 6.54 Å². The monoisotopic (exact) mass is 444 g/mol. The predicted molar refractivity (Wildman–Crippen MR) is 102 cm³/mol. The fourth-order valence-electron chi connectivity index (χ4n) is 4.04. The zero-order chi connectivity index (χ0) is 21.8. The molecule has 1 aromatic carbocycles. The largest absolute Gasteiger partial charge is 0.433 e. The van der Waals surface area contributed by atoms with Crippen molar-refractivity contribution < 1.29 is 22.4 Å². The maximum absolute atomic E-state index is 14.0. The number of aryl methyl sites for hydroxylation is 1. The highest BCUT2D eigenvalue weighted by molar-refractivity contribution is 6.32. The van der Waals surface area contributed by atoms with E-state index in [1.165, 1.54) is 17.0 Å². The molecule has 5 nitrogen and oxygen atoms in total. The highest BCUT2D eigenvalue weighted by Crippen LogP contribution is 2.42. The van der Waals surface area contributed by atoms with Gasteiger partial charge in [0, 0.05) is 23.5 Å². The summed E-state index contributed by atoms with van der Waals surface area (Å²) in [5, 5.41) is 4.34. The van der Waals surface area contributed by atoms with Gasteiger partial charge in [0.25, 0.3) is 0 Å². The van der Waals surface area contributed by atoms with Crippen molar-refractivity contribution in [3.63, 3.8) is 0 Å². The van der Waals surface area contributed by atoms with Crippen LogP contribution in [0.15, 0.2) is 18.2 Å². The van der Waals surface area contributed by atoms with Gasteiger partial charge in [0.2, 0.25) is 5.91 Å². The fourth-order valence-corrected chi connectivity index (χ4v) is 4.27. The highest BCUT2D eigenvalue weighted by atomic mass is 35.5. The van der Waals surface area contributed by atoms with Crippen LogP contribution in [0.2, 0.25) is 5.02 Å². The number of likely N-dealkylation sites (tertiary alicyclic amines) is 1. The first-order chi connectivity index (χ1) is 14.1. The number of nitrogens with zero attached hydrogens (tertiary/aromatic N) is 3. The second kappa shape index (κ2) is 7.53. The van der Waals surface area contributed by atoms with E-state index in [0.717, 1.165) is 23.6 Å². The Hall–Kier alpha value is -2.13. The maximum Gasteiger partial charge on any atom is 0.433 e. The number of rotatable bonds is 4. The van der Waals surface area contributed by atoms with Gasteiger partial charge in [-0.1, -0.05) is 11.6 Å². The number of carbonyl (C=O) groups excluding carboxylic acids is 1. The second-order valence-electron chi connectivity index (χ2n) is 7.99. The van der Waals surface area contributed by atoms with Crippen molar-refractivity contribution >= 4 is 17.5 Å². The average Bonchev–Trinajstić information content (AvgIpc) is 3.29. The minimum atomic E-state index is -4.62. The van der Waals surface area contributed by atoms with E-state index in [2.05, 4.69) is 5.10 Å². The molecule has 30 heavy (non-hydrogen) atoms. The molecule has 2 unspecified atom stereocenters. The highest BCUT2D eigenvalue weighted by Gasteiger charge is 2.41. The third-order valence-corrected chi connectivity index (χ3v) is 6.22. The number of carbonyl (C=O) groups is 1. The summed E-state index contributed by atoms with van der Waals surface area (Å²) in [6, 6.07) is 2.30. The zero-order valence-electron chi connectivity index (χ0n) is 16.2. The molecule has 2 aromatic rings. The lowest BCUT2D eigenvalue weighted by Crippen LogP contribution is -2.38. The molecular weight excluding hydrogens is 424 g/mol. The quantitative estimate of drug-likeness (QED) is 0.719. The molecule has 1 saturated heterocycles. The molecule has 162 valence electrons. The predicted octanol–water partition coefficient (Wildman–Crippen LogP) is 4.18. The average molecular weight is 445 g/mol. The summed E-state index contributed by atoms with van der Waals surface area (Å²) in [7, 11) is 0. The Kier molecular flexibility index (Phi) is 5.30. The summed E-state index contributed by atoms with van der Waals surface area (Å²) in [6.45, 7) is 1.31. The van der Waals surface area contributed by atoms with Gasteiger partial charge in [0.05, 0.1) is 11.7 Å². The van der Waals surface area contributed by atoms with Crippen LogP contribution < -0.4 is 5.73 Å². The van der Waals surface area contributed by atoms with Crippen LogP contribution in [0.3, 0.4) is 0 Å². The SMILES string of the molecule is Cc1cc(F)cc(C2C(N)CCN2C(=O)Cn2nc(C3CC3)cc2C(F)(F)F)c1Cl. The third kappa shape index (κ3) is 3.92. The molecule has 0 spiro atoms. The number of hydrogen-bond donors (Lipinski definition) is 1. The number of nitrogens with two attached hydrogens (primary N) is 1. The Morgan fingerprint density at radius 3 is 2.60 bits per heavy atom. The number of hydrogen-bond acceptors (Lipinski definition) is 3. The molecule has 0 radical (unpaired) electrons. The summed E-state index contributed by atoms with van der Waals surface area (Å²) in [5.41, 5.74) is 6.45. The molecule has 2 aliphatic rings. The van der Waals surface area contributed by atoms with Crippen molar-refractivity contribution in [3.8, 4) is 0 Å². The first-order valence-corrected chi connectivity index (χ1v) is 10.1.